The number of aromatic nitrogens is 1. The van der Waals surface area contributed by atoms with Gasteiger partial charge in [-0.05, 0) is 12.5 Å². The van der Waals surface area contributed by atoms with E-state index in [0.29, 0.717) is 6.42 Å². The van der Waals surface area contributed by atoms with E-state index in [-0.39, 0.29) is 39.2 Å². The van der Waals surface area contributed by atoms with Gasteiger partial charge in [0.15, 0.2) is 9.84 Å². The molecule has 0 bridgehead atoms. The highest BCUT2D eigenvalue weighted by atomic mass is 35.5. The van der Waals surface area contributed by atoms with Crippen LogP contribution in [0.2, 0.25) is 10.2 Å². The molecule has 1 aromatic heterocycles. The summed E-state index contributed by atoms with van der Waals surface area (Å²) in [6, 6.07) is 1.05. The quantitative estimate of drug-likeness (QED) is 0.609. The Morgan fingerprint density at radius 3 is 2.52 bits per heavy atom. The molecule has 1 fully saturated rings. The summed E-state index contributed by atoms with van der Waals surface area (Å²) < 4.78 is 23.2. The molecule has 1 aliphatic rings. The van der Waals surface area contributed by atoms with Gasteiger partial charge in [0.05, 0.1) is 28.1 Å². The van der Waals surface area contributed by atoms with E-state index in [1.165, 1.54) is 17.3 Å². The van der Waals surface area contributed by atoms with Crippen LogP contribution in [0.3, 0.4) is 0 Å². The smallest absolute Gasteiger partial charge is 0.268 e. The summed E-state index contributed by atoms with van der Waals surface area (Å²) in [6.07, 6.45) is 1.75. The number of carbonyl (C=O) groups is 1. The van der Waals surface area contributed by atoms with Crippen molar-refractivity contribution in [2.45, 2.75) is 12.5 Å². The number of sulfone groups is 1. The molecule has 1 saturated heterocycles. The molecule has 21 heavy (non-hydrogen) atoms. The van der Waals surface area contributed by atoms with Gasteiger partial charge in [0.25, 0.3) is 5.91 Å². The second kappa shape index (κ2) is 6.08. The van der Waals surface area contributed by atoms with Gasteiger partial charge in [0, 0.05) is 20.3 Å². The predicted molar refractivity (Wildman–Crippen MR) is 81.2 cm³/mol. The lowest BCUT2D eigenvalue weighted by atomic mass is 10.2. The maximum absolute atomic E-state index is 12.6. The molecule has 0 N–H and O–H groups in total. The van der Waals surface area contributed by atoms with Gasteiger partial charge in [-0.3, -0.25) is 9.80 Å². The summed E-state index contributed by atoms with van der Waals surface area (Å²) in [5, 5.41) is 3.30. The van der Waals surface area contributed by atoms with Crippen LogP contribution >= 0.6 is 23.2 Å². The van der Waals surface area contributed by atoms with Gasteiger partial charge in [-0.15, -0.1) is 0 Å². The first-order valence-electron chi connectivity index (χ1n) is 6.23. The third kappa shape index (κ3) is 3.66. The minimum absolute atomic E-state index is 0.0360. The molecule has 0 aromatic carbocycles. The topological polar surface area (TPSA) is 70.6 Å². The van der Waals surface area contributed by atoms with E-state index in [4.69, 9.17) is 23.2 Å². The lowest BCUT2D eigenvalue weighted by molar-refractivity contribution is 0.000976. The molecule has 9 heteroatoms. The highest BCUT2D eigenvalue weighted by Gasteiger charge is 2.36. The van der Waals surface area contributed by atoms with Gasteiger partial charge in [0.1, 0.15) is 5.15 Å². The average Bonchev–Trinajstić information content (AvgIpc) is 2.72. The Morgan fingerprint density at radius 2 is 2.05 bits per heavy atom. The van der Waals surface area contributed by atoms with Crippen LogP contribution in [0.1, 0.15) is 16.8 Å². The molecule has 2 rings (SSSR count). The Labute approximate surface area is 133 Å². The normalized spacial score (nSPS) is 20.7. The molecule has 1 aliphatic heterocycles. The summed E-state index contributed by atoms with van der Waals surface area (Å²) in [7, 11) is 0.289. The Bertz CT molecular complexity index is 664. The zero-order valence-electron chi connectivity index (χ0n) is 11.6. The van der Waals surface area contributed by atoms with Crippen LogP contribution in [0.4, 0.5) is 0 Å². The fraction of sp³-hybridized carbons (Fsp3) is 0.500. The van der Waals surface area contributed by atoms with Crippen LogP contribution in [0.25, 0.3) is 0 Å². The van der Waals surface area contributed by atoms with Crippen molar-refractivity contribution < 1.29 is 13.2 Å². The van der Waals surface area contributed by atoms with E-state index in [1.54, 1.807) is 19.1 Å². The summed E-state index contributed by atoms with van der Waals surface area (Å²) >= 11 is 11.6. The van der Waals surface area contributed by atoms with E-state index in [2.05, 4.69) is 4.98 Å². The van der Waals surface area contributed by atoms with Gasteiger partial charge in [-0.2, -0.15) is 0 Å². The van der Waals surface area contributed by atoms with Crippen LogP contribution in [-0.2, 0) is 9.84 Å². The van der Waals surface area contributed by atoms with Crippen molar-refractivity contribution in [2.75, 3.05) is 25.6 Å². The zero-order valence-corrected chi connectivity index (χ0v) is 13.9. The molecule has 6 nitrogen and oxygen atoms in total. The van der Waals surface area contributed by atoms with Gasteiger partial charge < -0.3 is 0 Å². The predicted octanol–water partition coefficient (Wildman–Crippen LogP) is 1.49. The number of hydrogen-bond donors (Lipinski definition) is 0. The molecule has 116 valence electrons. The standard InChI is InChI=1S/C12H15Cl2N3O3S/c1-16(2)17(9-3-4-21(19,20)7-9)12(18)8-5-10(13)11(14)15-6-8/h5-6,9H,3-4,7H2,1-2H3. The maximum atomic E-state index is 12.6. The van der Waals surface area contributed by atoms with Crippen LogP contribution in [-0.4, -0.2) is 61.0 Å². The molecular weight excluding hydrogens is 337 g/mol. The van der Waals surface area contributed by atoms with Crippen LogP contribution in [0, 0.1) is 0 Å². The van der Waals surface area contributed by atoms with Crippen molar-refractivity contribution in [3.05, 3.63) is 28.0 Å². The van der Waals surface area contributed by atoms with E-state index in [0.717, 1.165) is 0 Å². The molecule has 0 saturated carbocycles. The van der Waals surface area contributed by atoms with Crippen LogP contribution in [0.15, 0.2) is 12.3 Å². The van der Waals surface area contributed by atoms with Gasteiger partial charge >= 0.3 is 0 Å². The van der Waals surface area contributed by atoms with Crippen molar-refractivity contribution >= 4 is 38.9 Å². The van der Waals surface area contributed by atoms with Crippen LogP contribution in [0.5, 0.6) is 0 Å². The molecule has 1 atom stereocenters. The van der Waals surface area contributed by atoms with Crippen molar-refractivity contribution in [1.29, 1.82) is 0 Å². The van der Waals surface area contributed by atoms with Crippen molar-refractivity contribution in [2.24, 2.45) is 0 Å². The first-order valence-corrected chi connectivity index (χ1v) is 8.81. The number of amides is 1. The molecule has 0 radical (unpaired) electrons. The first-order chi connectivity index (χ1) is 9.71. The van der Waals surface area contributed by atoms with Crippen molar-refractivity contribution in [1.82, 2.24) is 15.0 Å². The number of hydrazine groups is 1. The highest BCUT2D eigenvalue weighted by Crippen LogP contribution is 2.24. The molecule has 1 amide bonds. The number of rotatable bonds is 3. The number of halogens is 2. The number of hydrogen-bond acceptors (Lipinski definition) is 5. The summed E-state index contributed by atoms with van der Waals surface area (Å²) in [5.41, 5.74) is 0.266. The maximum Gasteiger partial charge on any atom is 0.270 e. The van der Waals surface area contributed by atoms with E-state index in [1.807, 2.05) is 0 Å². The Kier molecular flexibility index (Phi) is 4.77. The van der Waals surface area contributed by atoms with Crippen molar-refractivity contribution in [3.8, 4) is 0 Å². The Morgan fingerprint density at radius 1 is 1.38 bits per heavy atom. The lowest BCUT2D eigenvalue weighted by Gasteiger charge is -2.33. The molecule has 0 aliphatic carbocycles. The average molecular weight is 352 g/mol. The lowest BCUT2D eigenvalue weighted by Crippen LogP contribution is -2.49. The van der Waals surface area contributed by atoms with E-state index in [9.17, 15) is 13.2 Å². The van der Waals surface area contributed by atoms with Crippen LogP contribution < -0.4 is 0 Å². The molecular formula is C12H15Cl2N3O3S. The monoisotopic (exact) mass is 351 g/mol. The SMILES string of the molecule is CN(C)N(C(=O)c1cnc(Cl)c(Cl)c1)C1CCS(=O)(=O)C1. The molecule has 1 aromatic rings. The summed E-state index contributed by atoms with van der Waals surface area (Å²) in [5.74, 6) is -0.297. The zero-order chi connectivity index (χ0) is 15.8. The fourth-order valence-electron chi connectivity index (χ4n) is 2.31. The van der Waals surface area contributed by atoms with Crippen molar-refractivity contribution in [3.63, 3.8) is 0 Å². The summed E-state index contributed by atoms with van der Waals surface area (Å²) in [4.78, 5) is 16.4. The molecule has 2 heterocycles. The minimum atomic E-state index is -3.09. The second-order valence-electron chi connectivity index (χ2n) is 5.05. The first kappa shape index (κ1) is 16.5. The third-order valence-electron chi connectivity index (χ3n) is 3.24. The largest absolute Gasteiger partial charge is 0.270 e. The Hall–Kier alpha value is -0.890. The van der Waals surface area contributed by atoms with Gasteiger partial charge in [-0.25, -0.2) is 18.4 Å². The number of carbonyl (C=O) groups excluding carboxylic acids is 1. The Balaban J connectivity index is 2.30. The third-order valence-corrected chi connectivity index (χ3v) is 5.67. The fourth-order valence-corrected chi connectivity index (χ4v) is 4.27. The molecule has 0 spiro atoms. The van der Waals surface area contributed by atoms with E-state index >= 15 is 0 Å². The highest BCUT2D eigenvalue weighted by molar-refractivity contribution is 7.91. The second-order valence-corrected chi connectivity index (χ2v) is 8.04. The van der Waals surface area contributed by atoms with Gasteiger partial charge in [0.2, 0.25) is 0 Å². The van der Waals surface area contributed by atoms with Gasteiger partial charge in [-0.1, -0.05) is 23.2 Å². The summed E-state index contributed by atoms with van der Waals surface area (Å²) in [6.45, 7) is 0. The molecule has 1 unspecified atom stereocenters. The van der Waals surface area contributed by atoms with E-state index < -0.39 is 9.84 Å². The minimum Gasteiger partial charge on any atom is -0.268 e. The number of nitrogens with zero attached hydrogens (tertiary/aromatic N) is 3. The number of pyridine rings is 1.